The Bertz CT molecular complexity index is 425. The molecule has 2 rings (SSSR count). The normalized spacial score (nSPS) is 20.0. The van der Waals surface area contributed by atoms with E-state index in [1.165, 1.54) is 0 Å². The van der Waals surface area contributed by atoms with Gasteiger partial charge in [0.05, 0.1) is 12.6 Å². The first kappa shape index (κ1) is 13.3. The van der Waals surface area contributed by atoms with Gasteiger partial charge in [-0.15, -0.1) is 0 Å². The maximum atomic E-state index is 11.7. The summed E-state index contributed by atoms with van der Waals surface area (Å²) < 4.78 is 0. The molecule has 1 amide bonds. The van der Waals surface area contributed by atoms with Crippen molar-refractivity contribution in [1.82, 2.24) is 10.2 Å². The highest BCUT2D eigenvalue weighted by Crippen LogP contribution is 2.14. The number of likely N-dealkylation sites (tertiary alicyclic amines) is 1. The van der Waals surface area contributed by atoms with E-state index < -0.39 is 0 Å². The number of β-amino-alcohol motifs (C(OH)–C–C–N with tert-alkyl or cyclic N) is 1. The molecule has 1 unspecified atom stereocenters. The zero-order valence-electron chi connectivity index (χ0n) is 10.1. The summed E-state index contributed by atoms with van der Waals surface area (Å²) in [7, 11) is 0. The van der Waals surface area contributed by atoms with Crippen LogP contribution in [-0.4, -0.2) is 41.7 Å². The van der Waals surface area contributed by atoms with Crippen molar-refractivity contribution < 1.29 is 9.90 Å². The van der Waals surface area contributed by atoms with Gasteiger partial charge in [0.2, 0.25) is 5.91 Å². The van der Waals surface area contributed by atoms with Crippen LogP contribution in [0.4, 0.5) is 0 Å². The van der Waals surface area contributed by atoms with Crippen molar-refractivity contribution >= 4 is 17.5 Å². The number of carbonyl (C=O) groups excluding carboxylic acids is 1. The van der Waals surface area contributed by atoms with Gasteiger partial charge >= 0.3 is 0 Å². The van der Waals surface area contributed by atoms with Crippen molar-refractivity contribution in [3.63, 3.8) is 0 Å². The molecule has 1 aromatic carbocycles. The Morgan fingerprint density at radius 1 is 1.50 bits per heavy atom. The van der Waals surface area contributed by atoms with Crippen LogP contribution in [0, 0.1) is 0 Å². The number of hydrogen-bond acceptors (Lipinski definition) is 3. The molecule has 1 aliphatic rings. The average Bonchev–Trinajstić information content (AvgIpc) is 2.74. The molecule has 1 heterocycles. The highest BCUT2D eigenvalue weighted by Gasteiger charge is 2.21. The van der Waals surface area contributed by atoms with Gasteiger partial charge in [0.15, 0.2) is 0 Å². The molecule has 5 heteroatoms. The van der Waals surface area contributed by atoms with Gasteiger partial charge in [-0.3, -0.25) is 9.69 Å². The van der Waals surface area contributed by atoms with E-state index in [0.717, 1.165) is 18.5 Å². The maximum Gasteiger partial charge on any atom is 0.234 e. The fraction of sp³-hybridized carbons (Fsp3) is 0.462. The molecule has 4 nitrogen and oxygen atoms in total. The highest BCUT2D eigenvalue weighted by atomic mass is 35.5. The molecule has 0 radical (unpaired) electrons. The molecule has 18 heavy (non-hydrogen) atoms. The topological polar surface area (TPSA) is 52.6 Å². The smallest absolute Gasteiger partial charge is 0.234 e. The van der Waals surface area contributed by atoms with Crippen LogP contribution in [0.2, 0.25) is 5.02 Å². The van der Waals surface area contributed by atoms with Crippen LogP contribution in [0.25, 0.3) is 0 Å². The minimum absolute atomic E-state index is 0.0379. The number of carbonyl (C=O) groups is 1. The Morgan fingerprint density at radius 3 is 2.94 bits per heavy atom. The van der Waals surface area contributed by atoms with E-state index in [4.69, 9.17) is 11.6 Å². The van der Waals surface area contributed by atoms with Gasteiger partial charge in [-0.1, -0.05) is 29.8 Å². The van der Waals surface area contributed by atoms with E-state index in [0.29, 0.717) is 24.7 Å². The zero-order valence-corrected chi connectivity index (χ0v) is 10.9. The number of benzene rings is 1. The second-order valence-corrected chi connectivity index (χ2v) is 4.95. The first-order valence-electron chi connectivity index (χ1n) is 6.05. The van der Waals surface area contributed by atoms with E-state index >= 15 is 0 Å². The molecule has 0 saturated carbocycles. The van der Waals surface area contributed by atoms with E-state index in [1.807, 2.05) is 23.1 Å². The van der Waals surface area contributed by atoms with E-state index in [1.54, 1.807) is 6.07 Å². The Kier molecular flexibility index (Phi) is 4.58. The van der Waals surface area contributed by atoms with Crippen molar-refractivity contribution in [2.75, 3.05) is 19.6 Å². The maximum absolute atomic E-state index is 11.7. The number of rotatable bonds is 4. The Balaban J connectivity index is 1.77. The lowest BCUT2D eigenvalue weighted by Crippen LogP contribution is -2.36. The van der Waals surface area contributed by atoms with Crippen LogP contribution in [-0.2, 0) is 11.3 Å². The molecule has 0 aromatic heterocycles. The molecule has 98 valence electrons. The summed E-state index contributed by atoms with van der Waals surface area (Å²) in [6.07, 6.45) is 0.457. The first-order valence-corrected chi connectivity index (χ1v) is 6.43. The van der Waals surface area contributed by atoms with Crippen molar-refractivity contribution in [2.24, 2.45) is 0 Å². The molecule has 0 spiro atoms. The number of amides is 1. The van der Waals surface area contributed by atoms with Gasteiger partial charge < -0.3 is 10.4 Å². The Labute approximate surface area is 112 Å². The Hall–Kier alpha value is -1.10. The summed E-state index contributed by atoms with van der Waals surface area (Å²) >= 11 is 6.00. The van der Waals surface area contributed by atoms with Crippen LogP contribution in [0.3, 0.4) is 0 Å². The van der Waals surface area contributed by atoms with E-state index in [9.17, 15) is 9.90 Å². The molecule has 0 bridgehead atoms. The fourth-order valence-corrected chi connectivity index (χ4v) is 2.25. The summed E-state index contributed by atoms with van der Waals surface area (Å²) in [5.41, 5.74) is 0.911. The number of aliphatic hydroxyl groups excluding tert-OH is 1. The quantitative estimate of drug-likeness (QED) is 0.857. The van der Waals surface area contributed by atoms with Crippen LogP contribution in [0.1, 0.15) is 12.0 Å². The third-order valence-electron chi connectivity index (χ3n) is 3.05. The largest absolute Gasteiger partial charge is 0.392 e. The molecule has 1 fully saturated rings. The number of nitrogens with one attached hydrogen (secondary N) is 1. The van der Waals surface area contributed by atoms with Crippen LogP contribution in [0.15, 0.2) is 24.3 Å². The molecular formula is C13H17ClN2O2. The summed E-state index contributed by atoms with van der Waals surface area (Å²) in [4.78, 5) is 13.7. The minimum Gasteiger partial charge on any atom is -0.392 e. The van der Waals surface area contributed by atoms with Crippen molar-refractivity contribution in [2.45, 2.75) is 19.1 Å². The third-order valence-corrected chi connectivity index (χ3v) is 3.42. The molecule has 1 aromatic rings. The summed E-state index contributed by atoms with van der Waals surface area (Å²) in [5.74, 6) is -0.0379. The second kappa shape index (κ2) is 6.18. The lowest BCUT2D eigenvalue weighted by Gasteiger charge is -2.14. The minimum atomic E-state index is -0.290. The van der Waals surface area contributed by atoms with Crippen LogP contribution < -0.4 is 5.32 Å². The molecule has 1 saturated heterocycles. The first-order chi connectivity index (χ1) is 8.65. The van der Waals surface area contributed by atoms with Crippen LogP contribution in [0.5, 0.6) is 0 Å². The lowest BCUT2D eigenvalue weighted by molar-refractivity contribution is -0.122. The number of halogens is 1. The lowest BCUT2D eigenvalue weighted by atomic mass is 10.2. The van der Waals surface area contributed by atoms with Gasteiger partial charge in [0.1, 0.15) is 0 Å². The Morgan fingerprint density at radius 2 is 2.28 bits per heavy atom. The fourth-order valence-electron chi connectivity index (χ4n) is 2.05. The van der Waals surface area contributed by atoms with Gasteiger partial charge in [0.25, 0.3) is 0 Å². The number of nitrogens with zero attached hydrogens (tertiary/aromatic N) is 1. The average molecular weight is 269 g/mol. The summed E-state index contributed by atoms with van der Waals surface area (Å²) in [6.45, 7) is 2.14. The van der Waals surface area contributed by atoms with Gasteiger partial charge in [-0.05, 0) is 18.1 Å². The van der Waals surface area contributed by atoms with Crippen molar-refractivity contribution in [1.29, 1.82) is 0 Å². The molecule has 0 aliphatic carbocycles. The predicted octanol–water partition coefficient (Wildman–Crippen LogP) is 1.02. The third kappa shape index (κ3) is 3.70. The summed E-state index contributed by atoms with van der Waals surface area (Å²) in [5, 5.41) is 12.9. The molecular weight excluding hydrogens is 252 g/mol. The highest BCUT2D eigenvalue weighted by molar-refractivity contribution is 6.31. The second-order valence-electron chi connectivity index (χ2n) is 4.55. The molecule has 1 aliphatic heterocycles. The molecule has 1 atom stereocenters. The molecule has 2 N–H and O–H groups in total. The van der Waals surface area contributed by atoms with Crippen LogP contribution >= 0.6 is 11.6 Å². The SMILES string of the molecule is O=C(CN1CCC(O)C1)NCc1ccccc1Cl. The number of aliphatic hydroxyl groups is 1. The van der Waals surface area contributed by atoms with E-state index in [-0.39, 0.29) is 12.0 Å². The van der Waals surface area contributed by atoms with Crippen molar-refractivity contribution in [3.8, 4) is 0 Å². The zero-order chi connectivity index (χ0) is 13.0. The monoisotopic (exact) mass is 268 g/mol. The number of hydrogen-bond donors (Lipinski definition) is 2. The van der Waals surface area contributed by atoms with Gasteiger partial charge in [0, 0.05) is 24.7 Å². The van der Waals surface area contributed by atoms with Crippen molar-refractivity contribution in [3.05, 3.63) is 34.9 Å². The standard InChI is InChI=1S/C13H17ClN2O2/c14-12-4-2-1-3-10(12)7-15-13(18)9-16-6-5-11(17)8-16/h1-4,11,17H,5-9H2,(H,15,18). The van der Waals surface area contributed by atoms with Gasteiger partial charge in [-0.25, -0.2) is 0 Å². The predicted molar refractivity (Wildman–Crippen MR) is 70.4 cm³/mol. The summed E-state index contributed by atoms with van der Waals surface area (Å²) in [6, 6.07) is 7.45. The van der Waals surface area contributed by atoms with Gasteiger partial charge in [-0.2, -0.15) is 0 Å². The van der Waals surface area contributed by atoms with E-state index in [2.05, 4.69) is 5.32 Å².